The van der Waals surface area contributed by atoms with Gasteiger partial charge in [0.1, 0.15) is 6.54 Å². The number of carbonyl (C=O) groups excluding carboxylic acids is 1. The molecule has 0 N–H and O–H groups in total. The number of rotatable bonds is 5. The summed E-state index contributed by atoms with van der Waals surface area (Å²) in [6, 6.07) is 4.92. The molecule has 1 aliphatic heterocycles. The van der Waals surface area contributed by atoms with Crippen molar-refractivity contribution in [3.63, 3.8) is 0 Å². The van der Waals surface area contributed by atoms with E-state index in [-0.39, 0.29) is 24.1 Å². The maximum absolute atomic E-state index is 12.2. The normalized spacial score (nSPS) is 16.4. The second kappa shape index (κ2) is 7.41. The molecule has 0 bridgehead atoms. The molecule has 5 nitrogen and oxygen atoms in total. The van der Waals surface area contributed by atoms with Gasteiger partial charge in [-0.25, -0.2) is 0 Å². The van der Waals surface area contributed by atoms with E-state index in [4.69, 9.17) is 4.74 Å². The standard InChI is InChI=1S/C16H24N2O3/c1-13(2)12-21-14-6-9-17(10-7-14)16(20)11-18-8-4-3-5-15(18)19/h3-5,8,13-14H,6-7,9-12H2,1-2H3. The molecule has 1 aliphatic rings. The molecule has 0 radical (unpaired) electrons. The van der Waals surface area contributed by atoms with Gasteiger partial charge in [0.05, 0.1) is 6.10 Å². The van der Waals surface area contributed by atoms with Gasteiger partial charge < -0.3 is 14.2 Å². The Morgan fingerprint density at radius 2 is 2.05 bits per heavy atom. The van der Waals surface area contributed by atoms with Crippen LogP contribution in [-0.4, -0.2) is 41.2 Å². The molecule has 116 valence electrons. The van der Waals surface area contributed by atoms with E-state index in [2.05, 4.69) is 13.8 Å². The maximum atomic E-state index is 12.2. The van der Waals surface area contributed by atoms with Crippen molar-refractivity contribution in [3.8, 4) is 0 Å². The molecule has 1 aromatic heterocycles. The monoisotopic (exact) mass is 292 g/mol. The van der Waals surface area contributed by atoms with Gasteiger partial charge in [0, 0.05) is 32.0 Å². The summed E-state index contributed by atoms with van der Waals surface area (Å²) in [5.41, 5.74) is -0.138. The van der Waals surface area contributed by atoms with E-state index in [0.717, 1.165) is 19.4 Å². The highest BCUT2D eigenvalue weighted by Crippen LogP contribution is 2.15. The number of aromatic nitrogens is 1. The van der Waals surface area contributed by atoms with Gasteiger partial charge in [-0.15, -0.1) is 0 Å². The molecule has 0 atom stereocenters. The molecule has 1 saturated heterocycles. The number of pyridine rings is 1. The van der Waals surface area contributed by atoms with Crippen LogP contribution >= 0.6 is 0 Å². The van der Waals surface area contributed by atoms with Gasteiger partial charge in [0.2, 0.25) is 5.91 Å². The Kier molecular flexibility index (Phi) is 5.56. The van der Waals surface area contributed by atoms with Gasteiger partial charge in [-0.05, 0) is 24.8 Å². The lowest BCUT2D eigenvalue weighted by Crippen LogP contribution is -2.43. The molecule has 0 unspecified atom stereocenters. The number of hydrogen-bond donors (Lipinski definition) is 0. The zero-order valence-corrected chi connectivity index (χ0v) is 12.8. The minimum atomic E-state index is -0.138. The first-order chi connectivity index (χ1) is 10.1. The van der Waals surface area contributed by atoms with E-state index < -0.39 is 0 Å². The predicted octanol–water partition coefficient (Wildman–Crippen LogP) is 1.51. The number of amides is 1. The van der Waals surface area contributed by atoms with Gasteiger partial charge >= 0.3 is 0 Å². The van der Waals surface area contributed by atoms with Crippen molar-refractivity contribution in [2.24, 2.45) is 5.92 Å². The van der Waals surface area contributed by atoms with E-state index >= 15 is 0 Å². The number of nitrogens with zero attached hydrogens (tertiary/aromatic N) is 2. The lowest BCUT2D eigenvalue weighted by molar-refractivity contribution is -0.134. The fourth-order valence-corrected chi connectivity index (χ4v) is 2.44. The van der Waals surface area contributed by atoms with Crippen LogP contribution in [0.3, 0.4) is 0 Å². The molecular weight excluding hydrogens is 268 g/mol. The summed E-state index contributed by atoms with van der Waals surface area (Å²) < 4.78 is 7.26. The Morgan fingerprint density at radius 1 is 1.33 bits per heavy atom. The Balaban J connectivity index is 1.81. The smallest absolute Gasteiger partial charge is 0.250 e. The highest BCUT2D eigenvalue weighted by atomic mass is 16.5. The number of piperidine rings is 1. The maximum Gasteiger partial charge on any atom is 0.250 e. The minimum Gasteiger partial charge on any atom is -0.378 e. The number of ether oxygens (including phenoxy) is 1. The van der Waals surface area contributed by atoms with Gasteiger partial charge in [-0.1, -0.05) is 19.9 Å². The van der Waals surface area contributed by atoms with Crippen LogP contribution in [0, 0.1) is 5.92 Å². The van der Waals surface area contributed by atoms with E-state index in [0.29, 0.717) is 19.0 Å². The summed E-state index contributed by atoms with van der Waals surface area (Å²) >= 11 is 0. The fourth-order valence-electron chi connectivity index (χ4n) is 2.44. The zero-order chi connectivity index (χ0) is 15.2. The molecule has 0 saturated carbocycles. The lowest BCUT2D eigenvalue weighted by atomic mass is 10.1. The minimum absolute atomic E-state index is 0.00519. The number of carbonyl (C=O) groups is 1. The van der Waals surface area contributed by atoms with E-state index in [1.165, 1.54) is 10.6 Å². The van der Waals surface area contributed by atoms with Crippen LogP contribution in [0.4, 0.5) is 0 Å². The fraction of sp³-hybridized carbons (Fsp3) is 0.625. The molecular formula is C16H24N2O3. The average Bonchev–Trinajstić information content (AvgIpc) is 2.48. The average molecular weight is 292 g/mol. The predicted molar refractivity (Wildman–Crippen MR) is 81.1 cm³/mol. The van der Waals surface area contributed by atoms with Crippen molar-refractivity contribution in [2.45, 2.75) is 39.3 Å². The third-order valence-corrected chi connectivity index (χ3v) is 3.66. The molecule has 2 heterocycles. The molecule has 0 aliphatic carbocycles. The summed E-state index contributed by atoms with van der Waals surface area (Å²) in [5, 5.41) is 0. The van der Waals surface area contributed by atoms with Gasteiger partial charge in [0.15, 0.2) is 0 Å². The summed E-state index contributed by atoms with van der Waals surface area (Å²) in [5.74, 6) is 0.542. The summed E-state index contributed by atoms with van der Waals surface area (Å²) in [6.45, 7) is 6.59. The topological polar surface area (TPSA) is 51.5 Å². The van der Waals surface area contributed by atoms with E-state index in [1.54, 1.807) is 18.3 Å². The van der Waals surface area contributed by atoms with Crippen LogP contribution < -0.4 is 5.56 Å². The van der Waals surface area contributed by atoms with Crippen molar-refractivity contribution in [3.05, 3.63) is 34.7 Å². The van der Waals surface area contributed by atoms with Gasteiger partial charge in [-0.2, -0.15) is 0 Å². The van der Waals surface area contributed by atoms with Crippen LogP contribution in [0.1, 0.15) is 26.7 Å². The van der Waals surface area contributed by atoms with Crippen molar-refractivity contribution in [1.29, 1.82) is 0 Å². The lowest BCUT2D eigenvalue weighted by Gasteiger charge is -2.32. The molecule has 0 aromatic carbocycles. The van der Waals surface area contributed by atoms with Crippen LogP contribution in [0.15, 0.2) is 29.2 Å². The molecule has 1 amide bonds. The third-order valence-electron chi connectivity index (χ3n) is 3.66. The van der Waals surface area contributed by atoms with Crippen molar-refractivity contribution in [1.82, 2.24) is 9.47 Å². The van der Waals surface area contributed by atoms with Crippen LogP contribution in [0.2, 0.25) is 0 Å². The van der Waals surface area contributed by atoms with Crippen molar-refractivity contribution >= 4 is 5.91 Å². The summed E-state index contributed by atoms with van der Waals surface area (Å²) in [4.78, 5) is 25.7. The van der Waals surface area contributed by atoms with E-state index in [1.807, 2.05) is 4.90 Å². The molecule has 1 fully saturated rings. The molecule has 21 heavy (non-hydrogen) atoms. The third kappa shape index (κ3) is 4.70. The van der Waals surface area contributed by atoms with Gasteiger partial charge in [0.25, 0.3) is 5.56 Å². The highest BCUT2D eigenvalue weighted by molar-refractivity contribution is 5.76. The van der Waals surface area contributed by atoms with Crippen LogP contribution in [0.25, 0.3) is 0 Å². The van der Waals surface area contributed by atoms with Crippen LogP contribution in [-0.2, 0) is 16.1 Å². The second-order valence-corrected chi connectivity index (χ2v) is 5.97. The zero-order valence-electron chi connectivity index (χ0n) is 12.8. The Labute approximate surface area is 125 Å². The first-order valence-electron chi connectivity index (χ1n) is 7.61. The first kappa shape index (κ1) is 15.8. The summed E-state index contributed by atoms with van der Waals surface area (Å²) in [6.07, 6.45) is 3.67. The van der Waals surface area contributed by atoms with Crippen LogP contribution in [0.5, 0.6) is 0 Å². The SMILES string of the molecule is CC(C)COC1CCN(C(=O)Cn2ccccc2=O)CC1. The van der Waals surface area contributed by atoms with Crippen molar-refractivity contribution < 1.29 is 9.53 Å². The Bertz CT molecular complexity index is 516. The van der Waals surface area contributed by atoms with E-state index in [9.17, 15) is 9.59 Å². The molecule has 1 aromatic rings. The number of hydrogen-bond acceptors (Lipinski definition) is 3. The number of likely N-dealkylation sites (tertiary alicyclic amines) is 1. The quantitative estimate of drug-likeness (QED) is 0.826. The largest absolute Gasteiger partial charge is 0.378 e. The Hall–Kier alpha value is -1.62. The molecule has 2 rings (SSSR count). The first-order valence-corrected chi connectivity index (χ1v) is 7.61. The molecule has 0 spiro atoms. The van der Waals surface area contributed by atoms with Crippen molar-refractivity contribution in [2.75, 3.05) is 19.7 Å². The Morgan fingerprint density at radius 3 is 2.67 bits per heavy atom. The highest BCUT2D eigenvalue weighted by Gasteiger charge is 2.23. The molecule has 5 heteroatoms. The second-order valence-electron chi connectivity index (χ2n) is 5.97. The summed E-state index contributed by atoms with van der Waals surface area (Å²) in [7, 11) is 0. The van der Waals surface area contributed by atoms with Gasteiger partial charge in [-0.3, -0.25) is 9.59 Å².